The molecule has 1 fully saturated rings. The molecule has 1 atom stereocenters. The van der Waals surface area contributed by atoms with Gasteiger partial charge in [0.2, 0.25) is 10.0 Å². The Morgan fingerprint density at radius 2 is 1.95 bits per heavy atom. The normalized spacial score (nSPS) is 20.3. The Balaban J connectivity index is 2.09. The number of sulfonamides is 1. The number of nitrogens with zero attached hydrogens (tertiary/aromatic N) is 1. The van der Waals surface area contributed by atoms with E-state index in [9.17, 15) is 13.2 Å². The molecule has 0 amide bonds. The topological polar surface area (TPSA) is 74.7 Å². The number of rotatable bonds is 6. The van der Waals surface area contributed by atoms with E-state index < -0.39 is 16.0 Å². The molecular weight excluding hydrogens is 290 g/mol. The Morgan fingerprint density at radius 3 is 2.62 bits per heavy atom. The van der Waals surface area contributed by atoms with Crippen LogP contribution >= 0.6 is 0 Å². The van der Waals surface area contributed by atoms with Gasteiger partial charge in [0.05, 0.1) is 5.75 Å². The van der Waals surface area contributed by atoms with Crippen molar-refractivity contribution in [1.82, 2.24) is 4.31 Å². The highest BCUT2D eigenvalue weighted by Crippen LogP contribution is 2.25. The van der Waals surface area contributed by atoms with E-state index in [-0.39, 0.29) is 18.2 Å². The summed E-state index contributed by atoms with van der Waals surface area (Å²) < 4.78 is 26.7. The second kappa shape index (κ2) is 7.04. The molecule has 1 aromatic carbocycles. The van der Waals surface area contributed by atoms with Crippen LogP contribution in [0.25, 0.3) is 0 Å². The Hall–Kier alpha value is -1.40. The molecule has 1 aliphatic rings. The SMILES string of the molecule is O=C(O)CCC1CCCCN1S(=O)(=O)Cc1ccccc1. The zero-order chi connectivity index (χ0) is 15.3. The van der Waals surface area contributed by atoms with Crippen LogP contribution in [0.15, 0.2) is 30.3 Å². The second-order valence-corrected chi connectivity index (χ2v) is 7.36. The number of carbonyl (C=O) groups is 1. The molecule has 1 saturated heterocycles. The van der Waals surface area contributed by atoms with Gasteiger partial charge in [0.1, 0.15) is 0 Å². The van der Waals surface area contributed by atoms with Crippen LogP contribution in [-0.2, 0) is 20.6 Å². The zero-order valence-electron chi connectivity index (χ0n) is 11.9. The highest BCUT2D eigenvalue weighted by Gasteiger charge is 2.32. The molecule has 0 spiro atoms. The van der Waals surface area contributed by atoms with Crippen LogP contribution in [0.5, 0.6) is 0 Å². The van der Waals surface area contributed by atoms with E-state index in [1.165, 1.54) is 4.31 Å². The number of aliphatic carboxylic acids is 1. The molecule has 2 rings (SSSR count). The largest absolute Gasteiger partial charge is 0.481 e. The lowest BCUT2D eigenvalue weighted by molar-refractivity contribution is -0.137. The van der Waals surface area contributed by atoms with Gasteiger partial charge < -0.3 is 5.11 Å². The van der Waals surface area contributed by atoms with Crippen molar-refractivity contribution in [2.45, 2.75) is 43.9 Å². The quantitative estimate of drug-likeness (QED) is 0.874. The number of carboxylic acid groups (broad SMARTS) is 1. The number of carboxylic acids is 1. The summed E-state index contributed by atoms with van der Waals surface area (Å²) in [6, 6.07) is 8.92. The fourth-order valence-electron chi connectivity index (χ4n) is 2.79. The van der Waals surface area contributed by atoms with Gasteiger partial charge in [-0.1, -0.05) is 36.8 Å². The van der Waals surface area contributed by atoms with Crippen molar-refractivity contribution in [1.29, 1.82) is 0 Å². The van der Waals surface area contributed by atoms with E-state index in [0.717, 1.165) is 24.8 Å². The van der Waals surface area contributed by atoms with Crippen molar-refractivity contribution >= 4 is 16.0 Å². The summed E-state index contributed by atoms with van der Waals surface area (Å²) >= 11 is 0. The zero-order valence-corrected chi connectivity index (χ0v) is 12.8. The molecule has 116 valence electrons. The first kappa shape index (κ1) is 16.0. The highest BCUT2D eigenvalue weighted by atomic mass is 32.2. The Morgan fingerprint density at radius 1 is 1.24 bits per heavy atom. The number of hydrogen-bond acceptors (Lipinski definition) is 3. The molecule has 0 bridgehead atoms. The summed E-state index contributed by atoms with van der Waals surface area (Å²) in [5, 5.41) is 8.80. The summed E-state index contributed by atoms with van der Waals surface area (Å²) in [7, 11) is -3.39. The maximum absolute atomic E-state index is 12.6. The van der Waals surface area contributed by atoms with Crippen molar-refractivity contribution in [2.24, 2.45) is 0 Å². The van der Waals surface area contributed by atoms with Crippen molar-refractivity contribution < 1.29 is 18.3 Å². The third-order valence-corrected chi connectivity index (χ3v) is 5.71. The number of hydrogen-bond donors (Lipinski definition) is 1. The highest BCUT2D eigenvalue weighted by molar-refractivity contribution is 7.88. The molecule has 0 radical (unpaired) electrons. The van der Waals surface area contributed by atoms with Crippen LogP contribution in [0.3, 0.4) is 0 Å². The Kier molecular flexibility index (Phi) is 5.36. The van der Waals surface area contributed by atoms with Gasteiger partial charge >= 0.3 is 5.97 Å². The number of piperidine rings is 1. The fraction of sp³-hybridized carbons (Fsp3) is 0.533. The maximum Gasteiger partial charge on any atom is 0.303 e. The van der Waals surface area contributed by atoms with Crippen LogP contribution in [-0.4, -0.2) is 36.4 Å². The van der Waals surface area contributed by atoms with Gasteiger partial charge in [-0.3, -0.25) is 4.79 Å². The van der Waals surface area contributed by atoms with Crippen molar-refractivity contribution in [3.8, 4) is 0 Å². The monoisotopic (exact) mass is 311 g/mol. The molecule has 0 aromatic heterocycles. The lowest BCUT2D eigenvalue weighted by Gasteiger charge is -2.34. The first-order valence-electron chi connectivity index (χ1n) is 7.24. The van der Waals surface area contributed by atoms with Gasteiger partial charge in [0.15, 0.2) is 0 Å². The maximum atomic E-state index is 12.6. The van der Waals surface area contributed by atoms with Crippen LogP contribution in [0, 0.1) is 0 Å². The molecule has 0 saturated carbocycles. The van der Waals surface area contributed by atoms with E-state index in [0.29, 0.717) is 13.0 Å². The van der Waals surface area contributed by atoms with Gasteiger partial charge in [-0.05, 0) is 24.8 Å². The fourth-order valence-corrected chi connectivity index (χ4v) is 4.64. The lowest BCUT2D eigenvalue weighted by atomic mass is 10.0. The Bertz CT molecular complexity index is 571. The average Bonchev–Trinajstić information content (AvgIpc) is 2.46. The van der Waals surface area contributed by atoms with Crippen molar-refractivity contribution in [3.63, 3.8) is 0 Å². The molecule has 1 aromatic rings. The summed E-state index contributed by atoms with van der Waals surface area (Å²) in [6.07, 6.45) is 2.96. The molecule has 1 unspecified atom stereocenters. The average molecular weight is 311 g/mol. The molecule has 0 aliphatic carbocycles. The van der Waals surface area contributed by atoms with E-state index >= 15 is 0 Å². The minimum Gasteiger partial charge on any atom is -0.481 e. The van der Waals surface area contributed by atoms with E-state index in [1.807, 2.05) is 18.2 Å². The van der Waals surface area contributed by atoms with E-state index in [2.05, 4.69) is 0 Å². The first-order valence-corrected chi connectivity index (χ1v) is 8.85. The predicted molar refractivity (Wildman–Crippen MR) is 80.3 cm³/mol. The lowest BCUT2D eigenvalue weighted by Crippen LogP contribution is -2.44. The molecule has 1 aliphatic heterocycles. The van der Waals surface area contributed by atoms with Gasteiger partial charge in [0, 0.05) is 19.0 Å². The minimum absolute atomic E-state index is 0.0159. The van der Waals surface area contributed by atoms with Crippen molar-refractivity contribution in [2.75, 3.05) is 6.54 Å². The van der Waals surface area contributed by atoms with Gasteiger partial charge in [-0.25, -0.2) is 8.42 Å². The van der Waals surface area contributed by atoms with Gasteiger partial charge in [0.25, 0.3) is 0 Å². The molecule has 5 nitrogen and oxygen atoms in total. The number of benzene rings is 1. The second-order valence-electron chi connectivity index (χ2n) is 5.43. The summed E-state index contributed by atoms with van der Waals surface area (Å²) in [6.45, 7) is 0.499. The summed E-state index contributed by atoms with van der Waals surface area (Å²) in [4.78, 5) is 10.7. The minimum atomic E-state index is -3.39. The van der Waals surface area contributed by atoms with E-state index in [4.69, 9.17) is 5.11 Å². The summed E-state index contributed by atoms with van der Waals surface area (Å²) in [5.74, 6) is -0.891. The van der Waals surface area contributed by atoms with E-state index in [1.54, 1.807) is 12.1 Å². The van der Waals surface area contributed by atoms with Gasteiger partial charge in [-0.2, -0.15) is 4.31 Å². The molecule has 1 heterocycles. The smallest absolute Gasteiger partial charge is 0.303 e. The third-order valence-electron chi connectivity index (χ3n) is 3.81. The first-order chi connectivity index (χ1) is 9.99. The van der Waals surface area contributed by atoms with Crippen LogP contribution < -0.4 is 0 Å². The standard InChI is InChI=1S/C15H21NO4S/c17-15(18)10-9-14-8-4-5-11-16(14)21(19,20)12-13-6-2-1-3-7-13/h1-3,6-7,14H,4-5,8-12H2,(H,17,18). The van der Waals surface area contributed by atoms with Crippen molar-refractivity contribution in [3.05, 3.63) is 35.9 Å². The molecular formula is C15H21NO4S. The molecule has 21 heavy (non-hydrogen) atoms. The summed E-state index contributed by atoms with van der Waals surface area (Å²) in [5.41, 5.74) is 0.764. The van der Waals surface area contributed by atoms with Crippen LogP contribution in [0.4, 0.5) is 0 Å². The van der Waals surface area contributed by atoms with Crippen LogP contribution in [0.1, 0.15) is 37.7 Å². The van der Waals surface area contributed by atoms with Crippen LogP contribution in [0.2, 0.25) is 0 Å². The molecule has 1 N–H and O–H groups in total. The third kappa shape index (κ3) is 4.54. The molecule has 6 heteroatoms. The predicted octanol–water partition coefficient (Wildman–Crippen LogP) is 2.24. The van der Waals surface area contributed by atoms with Gasteiger partial charge in [-0.15, -0.1) is 0 Å². The Labute approximate surface area is 125 Å².